The molecule has 3 nitrogen and oxygen atoms in total. The summed E-state index contributed by atoms with van der Waals surface area (Å²) in [6.07, 6.45) is 4.23. The number of nitrogens with zero attached hydrogens (tertiary/aromatic N) is 2. The minimum absolute atomic E-state index is 0.411. The number of aromatic nitrogens is 1. The van der Waals surface area contributed by atoms with E-state index in [4.69, 9.17) is 0 Å². The highest BCUT2D eigenvalue weighted by atomic mass is 16.3. The first-order valence-electron chi connectivity index (χ1n) is 5.57. The Kier molecular flexibility index (Phi) is 1.80. The van der Waals surface area contributed by atoms with E-state index >= 15 is 0 Å². The van der Waals surface area contributed by atoms with Crippen molar-refractivity contribution in [2.24, 2.45) is 5.92 Å². The van der Waals surface area contributed by atoms with Crippen LogP contribution in [0.2, 0.25) is 0 Å². The van der Waals surface area contributed by atoms with Crippen LogP contribution in [0.4, 0.5) is 5.82 Å². The summed E-state index contributed by atoms with van der Waals surface area (Å²) in [5, 5.41) is 10.2. The lowest BCUT2D eigenvalue weighted by Crippen LogP contribution is -2.63. The maximum absolute atomic E-state index is 10.2. The van der Waals surface area contributed by atoms with Crippen LogP contribution in [-0.4, -0.2) is 28.8 Å². The zero-order chi connectivity index (χ0) is 10.5. The lowest BCUT2D eigenvalue weighted by Gasteiger charge is -2.47. The van der Waals surface area contributed by atoms with Gasteiger partial charge in [-0.05, 0) is 43.4 Å². The van der Waals surface area contributed by atoms with Gasteiger partial charge in [0, 0.05) is 6.20 Å². The average molecular weight is 204 g/mol. The zero-order valence-corrected chi connectivity index (χ0v) is 8.98. The van der Waals surface area contributed by atoms with E-state index in [0.29, 0.717) is 5.92 Å². The van der Waals surface area contributed by atoms with E-state index in [-0.39, 0.29) is 0 Å². The van der Waals surface area contributed by atoms with Crippen molar-refractivity contribution in [3.8, 4) is 0 Å². The van der Waals surface area contributed by atoms with Crippen LogP contribution >= 0.6 is 0 Å². The lowest BCUT2D eigenvalue weighted by molar-refractivity contribution is -0.00974. The highest BCUT2D eigenvalue weighted by molar-refractivity contribution is 5.46. The van der Waals surface area contributed by atoms with Gasteiger partial charge in [0.25, 0.3) is 0 Å². The van der Waals surface area contributed by atoms with Crippen molar-refractivity contribution >= 4 is 5.82 Å². The fourth-order valence-electron chi connectivity index (χ4n) is 2.35. The molecule has 2 heterocycles. The largest absolute Gasteiger partial charge is 0.386 e. The van der Waals surface area contributed by atoms with Gasteiger partial charge in [0.1, 0.15) is 11.4 Å². The number of hydrogen-bond donors (Lipinski definition) is 1. The molecule has 1 saturated heterocycles. The number of pyridine rings is 1. The van der Waals surface area contributed by atoms with Crippen molar-refractivity contribution in [1.82, 2.24) is 4.98 Å². The van der Waals surface area contributed by atoms with Crippen LogP contribution in [0.5, 0.6) is 0 Å². The van der Waals surface area contributed by atoms with Gasteiger partial charge in [-0.25, -0.2) is 4.98 Å². The molecule has 1 saturated carbocycles. The zero-order valence-electron chi connectivity index (χ0n) is 8.98. The van der Waals surface area contributed by atoms with Crippen LogP contribution in [0.1, 0.15) is 18.4 Å². The normalized spacial score (nSPS) is 23.7. The summed E-state index contributed by atoms with van der Waals surface area (Å²) >= 11 is 0. The summed E-state index contributed by atoms with van der Waals surface area (Å²) in [6, 6.07) is 4.07. The molecule has 3 rings (SSSR count). The van der Waals surface area contributed by atoms with Gasteiger partial charge in [-0.3, -0.25) is 0 Å². The maximum atomic E-state index is 10.2. The smallest absolute Gasteiger partial charge is 0.128 e. The van der Waals surface area contributed by atoms with Crippen molar-refractivity contribution < 1.29 is 5.11 Å². The molecule has 0 radical (unpaired) electrons. The van der Waals surface area contributed by atoms with Crippen LogP contribution in [0.3, 0.4) is 0 Å². The number of rotatable bonds is 2. The summed E-state index contributed by atoms with van der Waals surface area (Å²) in [4.78, 5) is 6.48. The summed E-state index contributed by atoms with van der Waals surface area (Å²) < 4.78 is 0. The topological polar surface area (TPSA) is 36.4 Å². The van der Waals surface area contributed by atoms with Gasteiger partial charge in [0.15, 0.2) is 0 Å². The van der Waals surface area contributed by atoms with Gasteiger partial charge in [-0.2, -0.15) is 0 Å². The van der Waals surface area contributed by atoms with Gasteiger partial charge < -0.3 is 10.0 Å². The number of aliphatic hydroxyl groups is 1. The minimum atomic E-state index is -0.411. The Labute approximate surface area is 89.7 Å². The molecule has 0 unspecified atom stereocenters. The second-order valence-corrected chi connectivity index (χ2v) is 4.93. The highest BCUT2D eigenvalue weighted by Gasteiger charge is 2.52. The Hall–Kier alpha value is -1.09. The second-order valence-electron chi connectivity index (χ2n) is 4.93. The maximum Gasteiger partial charge on any atom is 0.128 e. The van der Waals surface area contributed by atoms with Gasteiger partial charge in [0.2, 0.25) is 0 Å². The van der Waals surface area contributed by atoms with Gasteiger partial charge >= 0.3 is 0 Å². The second kappa shape index (κ2) is 2.95. The summed E-state index contributed by atoms with van der Waals surface area (Å²) in [7, 11) is 0. The van der Waals surface area contributed by atoms with E-state index in [1.807, 2.05) is 12.3 Å². The third-order valence-corrected chi connectivity index (χ3v) is 3.49. The van der Waals surface area contributed by atoms with Crippen LogP contribution < -0.4 is 4.90 Å². The molecule has 80 valence electrons. The summed E-state index contributed by atoms with van der Waals surface area (Å²) in [6.45, 7) is 3.58. The minimum Gasteiger partial charge on any atom is -0.386 e. The molecular formula is C12H16N2O. The van der Waals surface area contributed by atoms with Gasteiger partial charge in [-0.1, -0.05) is 0 Å². The van der Waals surface area contributed by atoms with Crippen LogP contribution in [0, 0.1) is 12.8 Å². The Balaban J connectivity index is 1.71. The Morgan fingerprint density at radius 1 is 1.47 bits per heavy atom. The highest BCUT2D eigenvalue weighted by Crippen LogP contribution is 2.45. The molecule has 1 aliphatic heterocycles. The molecule has 1 aromatic heterocycles. The van der Waals surface area contributed by atoms with E-state index in [1.54, 1.807) is 0 Å². The molecule has 0 aromatic carbocycles. The van der Waals surface area contributed by atoms with Crippen molar-refractivity contribution in [1.29, 1.82) is 0 Å². The SMILES string of the molecule is Cc1ccnc(N2CC(O)(C3CC3)C2)c1. The van der Waals surface area contributed by atoms with Crippen LogP contribution in [0.25, 0.3) is 0 Å². The van der Waals surface area contributed by atoms with E-state index in [0.717, 1.165) is 18.9 Å². The van der Waals surface area contributed by atoms with Crippen molar-refractivity contribution in [3.05, 3.63) is 23.9 Å². The molecule has 0 atom stereocenters. The van der Waals surface area contributed by atoms with Crippen molar-refractivity contribution in [2.45, 2.75) is 25.4 Å². The van der Waals surface area contributed by atoms with Crippen molar-refractivity contribution in [2.75, 3.05) is 18.0 Å². The van der Waals surface area contributed by atoms with E-state index in [9.17, 15) is 5.11 Å². The quantitative estimate of drug-likeness (QED) is 0.790. The molecule has 0 spiro atoms. The molecule has 15 heavy (non-hydrogen) atoms. The molecule has 3 heteroatoms. The molecule has 0 bridgehead atoms. The monoisotopic (exact) mass is 204 g/mol. The van der Waals surface area contributed by atoms with Crippen LogP contribution in [0.15, 0.2) is 18.3 Å². The third-order valence-electron chi connectivity index (χ3n) is 3.49. The van der Waals surface area contributed by atoms with E-state index in [1.165, 1.54) is 18.4 Å². The third kappa shape index (κ3) is 1.51. The summed E-state index contributed by atoms with van der Waals surface area (Å²) in [5.41, 5.74) is 0.813. The Bertz CT molecular complexity index is 381. The fourth-order valence-corrected chi connectivity index (χ4v) is 2.35. The van der Waals surface area contributed by atoms with Gasteiger partial charge in [0.05, 0.1) is 13.1 Å². The molecule has 2 fully saturated rings. The Morgan fingerprint density at radius 2 is 2.20 bits per heavy atom. The molecule has 1 N–H and O–H groups in total. The first-order chi connectivity index (χ1) is 7.17. The number of anilines is 1. The Morgan fingerprint density at radius 3 is 2.80 bits per heavy atom. The molecule has 1 aliphatic carbocycles. The van der Waals surface area contributed by atoms with Crippen molar-refractivity contribution in [3.63, 3.8) is 0 Å². The predicted molar refractivity (Wildman–Crippen MR) is 58.9 cm³/mol. The number of aryl methyl sites for hydroxylation is 1. The average Bonchev–Trinajstić information content (AvgIpc) is 2.96. The van der Waals surface area contributed by atoms with E-state index < -0.39 is 5.60 Å². The molecule has 1 aromatic rings. The van der Waals surface area contributed by atoms with Crippen LogP contribution in [-0.2, 0) is 0 Å². The lowest BCUT2D eigenvalue weighted by atomic mass is 9.89. The van der Waals surface area contributed by atoms with Gasteiger partial charge in [-0.15, -0.1) is 0 Å². The first-order valence-corrected chi connectivity index (χ1v) is 5.57. The number of β-amino-alcohol motifs (C(OH)–C–C–N with tert-alkyl or cyclic N) is 1. The first kappa shape index (κ1) is 9.16. The predicted octanol–water partition coefficient (Wildman–Crippen LogP) is 1.35. The molecular weight excluding hydrogens is 188 g/mol. The number of hydrogen-bond acceptors (Lipinski definition) is 3. The fraction of sp³-hybridized carbons (Fsp3) is 0.583. The molecule has 0 amide bonds. The molecule has 2 aliphatic rings. The summed E-state index contributed by atoms with van der Waals surface area (Å²) in [5.74, 6) is 1.55. The standard InChI is InChI=1S/C12H16N2O/c1-9-4-5-13-11(6-9)14-7-12(15,8-14)10-2-3-10/h4-6,10,15H,2-3,7-8H2,1H3. The van der Waals surface area contributed by atoms with E-state index in [2.05, 4.69) is 22.9 Å².